The lowest BCUT2D eigenvalue weighted by molar-refractivity contribution is 0.963. The van der Waals surface area contributed by atoms with Crippen molar-refractivity contribution in [2.75, 3.05) is 11.9 Å². The summed E-state index contributed by atoms with van der Waals surface area (Å²) in [5.41, 5.74) is 2.31. The van der Waals surface area contributed by atoms with Gasteiger partial charge >= 0.3 is 0 Å². The van der Waals surface area contributed by atoms with Gasteiger partial charge in [0.2, 0.25) is 5.95 Å². The minimum atomic E-state index is 0.381. The number of hydrogen-bond donors (Lipinski definition) is 1. The Balaban J connectivity index is 1.95. The molecule has 2 heterocycles. The summed E-state index contributed by atoms with van der Waals surface area (Å²) in [6, 6.07) is 7.60. The van der Waals surface area contributed by atoms with Gasteiger partial charge in [0.1, 0.15) is 11.8 Å². The third-order valence-corrected chi connectivity index (χ3v) is 2.39. The van der Waals surface area contributed by atoms with E-state index in [9.17, 15) is 0 Å². The maximum Gasteiger partial charge on any atom is 0.224 e. The predicted molar refractivity (Wildman–Crippen MR) is 67.9 cm³/mol. The molecular formula is C13H13N5. The molecule has 0 fully saturated rings. The van der Waals surface area contributed by atoms with E-state index in [2.05, 4.69) is 20.3 Å². The summed E-state index contributed by atoms with van der Waals surface area (Å²) in [5.74, 6) is 0.496. The van der Waals surface area contributed by atoms with Crippen LogP contribution >= 0.6 is 0 Å². The van der Waals surface area contributed by atoms with E-state index >= 15 is 0 Å². The zero-order valence-electron chi connectivity index (χ0n) is 10.1. The van der Waals surface area contributed by atoms with Gasteiger partial charge in [0, 0.05) is 24.6 Å². The molecule has 0 saturated heterocycles. The van der Waals surface area contributed by atoms with Crippen LogP contribution in [-0.2, 0) is 6.42 Å². The fourth-order valence-electron chi connectivity index (χ4n) is 1.57. The van der Waals surface area contributed by atoms with Gasteiger partial charge in [-0.1, -0.05) is 6.07 Å². The lowest BCUT2D eigenvalue weighted by Crippen LogP contribution is -2.09. The summed E-state index contributed by atoms with van der Waals surface area (Å²) < 4.78 is 0. The second-order valence-electron chi connectivity index (χ2n) is 3.87. The molecule has 0 unspecified atom stereocenters. The van der Waals surface area contributed by atoms with Crippen LogP contribution in [0.3, 0.4) is 0 Å². The Labute approximate surface area is 106 Å². The molecule has 0 aliphatic heterocycles. The molecule has 0 aromatic carbocycles. The molecular weight excluding hydrogens is 226 g/mol. The van der Waals surface area contributed by atoms with Crippen LogP contribution in [0.5, 0.6) is 0 Å². The molecule has 5 nitrogen and oxygen atoms in total. The molecule has 2 rings (SSSR count). The number of anilines is 1. The average Bonchev–Trinajstić information content (AvgIpc) is 2.39. The van der Waals surface area contributed by atoms with Gasteiger partial charge in [0.15, 0.2) is 0 Å². The Morgan fingerprint density at radius 3 is 3.00 bits per heavy atom. The second-order valence-corrected chi connectivity index (χ2v) is 3.87. The van der Waals surface area contributed by atoms with Crippen LogP contribution in [-0.4, -0.2) is 21.5 Å². The predicted octanol–water partition coefficient (Wildman–Crippen LogP) is 1.71. The maximum absolute atomic E-state index is 8.81. The Hall–Kier alpha value is -2.48. The molecule has 1 N–H and O–H groups in total. The van der Waals surface area contributed by atoms with Crippen molar-refractivity contribution in [1.29, 1.82) is 5.26 Å². The molecule has 0 bridgehead atoms. The van der Waals surface area contributed by atoms with Crippen molar-refractivity contribution in [3.05, 3.63) is 47.5 Å². The number of nitriles is 1. The minimum Gasteiger partial charge on any atom is -0.354 e. The zero-order chi connectivity index (χ0) is 12.8. The van der Waals surface area contributed by atoms with E-state index in [0.717, 1.165) is 17.7 Å². The third kappa shape index (κ3) is 3.25. The number of aromatic nitrogens is 3. The van der Waals surface area contributed by atoms with Crippen LogP contribution in [0.25, 0.3) is 0 Å². The van der Waals surface area contributed by atoms with Gasteiger partial charge in [-0.2, -0.15) is 5.26 Å². The molecule has 0 atom stereocenters. The van der Waals surface area contributed by atoms with E-state index in [1.807, 2.05) is 31.3 Å². The number of nitrogens with one attached hydrogen (secondary N) is 1. The Bertz CT molecular complexity index is 559. The average molecular weight is 239 g/mol. The highest BCUT2D eigenvalue weighted by molar-refractivity contribution is 5.33. The SMILES string of the molecule is Cc1cc(C#N)nc(NCCc2cccnc2)n1. The van der Waals surface area contributed by atoms with Crippen molar-refractivity contribution in [2.45, 2.75) is 13.3 Å². The van der Waals surface area contributed by atoms with Gasteiger partial charge in [0.25, 0.3) is 0 Å². The summed E-state index contributed by atoms with van der Waals surface area (Å²) in [6.07, 6.45) is 4.42. The van der Waals surface area contributed by atoms with Gasteiger partial charge < -0.3 is 5.32 Å². The van der Waals surface area contributed by atoms with Crippen LogP contribution in [0, 0.1) is 18.3 Å². The molecule has 0 radical (unpaired) electrons. The molecule has 18 heavy (non-hydrogen) atoms. The van der Waals surface area contributed by atoms with Crippen molar-refractivity contribution < 1.29 is 0 Å². The summed E-state index contributed by atoms with van der Waals surface area (Å²) >= 11 is 0. The number of aryl methyl sites for hydroxylation is 1. The molecule has 5 heteroatoms. The summed E-state index contributed by atoms with van der Waals surface area (Å²) in [5, 5.41) is 11.9. The van der Waals surface area contributed by atoms with Gasteiger partial charge in [-0.15, -0.1) is 0 Å². The van der Waals surface area contributed by atoms with Gasteiger partial charge in [-0.3, -0.25) is 4.98 Å². The zero-order valence-corrected chi connectivity index (χ0v) is 10.1. The Morgan fingerprint density at radius 2 is 2.28 bits per heavy atom. The molecule has 2 aromatic heterocycles. The number of pyridine rings is 1. The van der Waals surface area contributed by atoms with Crippen molar-refractivity contribution in [2.24, 2.45) is 0 Å². The lowest BCUT2D eigenvalue weighted by Gasteiger charge is -2.05. The minimum absolute atomic E-state index is 0.381. The van der Waals surface area contributed by atoms with Crippen LogP contribution in [0.15, 0.2) is 30.6 Å². The van der Waals surface area contributed by atoms with Crippen LogP contribution in [0.4, 0.5) is 5.95 Å². The summed E-state index contributed by atoms with van der Waals surface area (Å²) in [4.78, 5) is 12.4. The molecule has 0 aliphatic carbocycles. The normalized spacial score (nSPS) is 9.78. The fourth-order valence-corrected chi connectivity index (χ4v) is 1.57. The first kappa shape index (κ1) is 12.0. The standard InChI is InChI=1S/C13H13N5/c1-10-7-12(8-14)18-13(17-10)16-6-4-11-3-2-5-15-9-11/h2-3,5,7,9H,4,6H2,1H3,(H,16,17,18). The summed E-state index contributed by atoms with van der Waals surface area (Å²) in [7, 11) is 0. The van der Waals surface area contributed by atoms with E-state index < -0.39 is 0 Å². The van der Waals surface area contributed by atoms with Crippen molar-refractivity contribution >= 4 is 5.95 Å². The summed E-state index contributed by atoms with van der Waals surface area (Å²) in [6.45, 7) is 2.55. The van der Waals surface area contributed by atoms with Crippen LogP contribution in [0.1, 0.15) is 17.0 Å². The number of hydrogen-bond acceptors (Lipinski definition) is 5. The highest BCUT2D eigenvalue weighted by atomic mass is 15.1. The van der Waals surface area contributed by atoms with Gasteiger partial charge in [0.05, 0.1) is 0 Å². The van der Waals surface area contributed by atoms with Crippen LogP contribution < -0.4 is 5.32 Å². The Kier molecular flexibility index (Phi) is 3.82. The molecule has 90 valence electrons. The van der Waals surface area contributed by atoms with E-state index in [1.165, 1.54) is 0 Å². The van der Waals surface area contributed by atoms with Crippen molar-refractivity contribution in [1.82, 2.24) is 15.0 Å². The topological polar surface area (TPSA) is 74.5 Å². The van der Waals surface area contributed by atoms with Crippen LogP contribution in [0.2, 0.25) is 0 Å². The van der Waals surface area contributed by atoms with Crippen molar-refractivity contribution in [3.8, 4) is 6.07 Å². The maximum atomic E-state index is 8.81. The quantitative estimate of drug-likeness (QED) is 0.879. The van der Waals surface area contributed by atoms with E-state index in [-0.39, 0.29) is 0 Å². The third-order valence-electron chi connectivity index (χ3n) is 2.39. The van der Waals surface area contributed by atoms with E-state index in [4.69, 9.17) is 5.26 Å². The fraction of sp³-hybridized carbons (Fsp3) is 0.231. The molecule has 0 saturated carbocycles. The van der Waals surface area contributed by atoms with E-state index in [0.29, 0.717) is 18.2 Å². The highest BCUT2D eigenvalue weighted by Crippen LogP contribution is 2.04. The van der Waals surface area contributed by atoms with E-state index in [1.54, 1.807) is 12.3 Å². The molecule has 0 aliphatic rings. The lowest BCUT2D eigenvalue weighted by atomic mass is 10.2. The largest absolute Gasteiger partial charge is 0.354 e. The Morgan fingerprint density at radius 1 is 1.39 bits per heavy atom. The smallest absolute Gasteiger partial charge is 0.224 e. The second kappa shape index (κ2) is 5.73. The molecule has 0 amide bonds. The number of nitrogens with zero attached hydrogens (tertiary/aromatic N) is 4. The molecule has 0 spiro atoms. The first-order chi connectivity index (χ1) is 8.78. The van der Waals surface area contributed by atoms with Gasteiger partial charge in [-0.25, -0.2) is 9.97 Å². The molecule has 2 aromatic rings. The highest BCUT2D eigenvalue weighted by Gasteiger charge is 2.01. The van der Waals surface area contributed by atoms with Crippen molar-refractivity contribution in [3.63, 3.8) is 0 Å². The van der Waals surface area contributed by atoms with Gasteiger partial charge in [-0.05, 0) is 31.0 Å². The first-order valence-corrected chi connectivity index (χ1v) is 5.66. The first-order valence-electron chi connectivity index (χ1n) is 5.66. The number of rotatable bonds is 4. The monoisotopic (exact) mass is 239 g/mol.